The largest absolute Gasteiger partial charge is 0.508 e. The zero-order chi connectivity index (χ0) is 14.0. The summed E-state index contributed by atoms with van der Waals surface area (Å²) in [5.74, 6) is 0.167. The van der Waals surface area contributed by atoms with Crippen LogP contribution in [0.15, 0.2) is 36.4 Å². The van der Waals surface area contributed by atoms with Crippen molar-refractivity contribution in [3.05, 3.63) is 51.1 Å². The van der Waals surface area contributed by atoms with Crippen LogP contribution in [0.3, 0.4) is 0 Å². The van der Waals surface area contributed by atoms with Crippen LogP contribution in [0, 0.1) is 10.5 Å². The van der Waals surface area contributed by atoms with E-state index in [1.54, 1.807) is 12.1 Å². The highest BCUT2D eigenvalue weighted by Crippen LogP contribution is 2.30. The summed E-state index contributed by atoms with van der Waals surface area (Å²) in [6.45, 7) is 4.04. The molecular weight excluding hydrogens is 353 g/mol. The Balaban J connectivity index is 2.20. The summed E-state index contributed by atoms with van der Waals surface area (Å²) < 4.78 is 1.20. The molecule has 0 saturated carbocycles. The van der Waals surface area contributed by atoms with Gasteiger partial charge in [0.25, 0.3) is 0 Å². The number of aromatic hydroxyl groups is 2. The van der Waals surface area contributed by atoms with E-state index in [0.717, 1.165) is 11.3 Å². The van der Waals surface area contributed by atoms with Crippen LogP contribution >= 0.6 is 22.6 Å². The molecule has 4 heteroatoms. The minimum Gasteiger partial charge on any atom is -0.508 e. The van der Waals surface area contributed by atoms with Gasteiger partial charge < -0.3 is 15.5 Å². The van der Waals surface area contributed by atoms with Gasteiger partial charge in [0.2, 0.25) is 0 Å². The molecule has 0 aliphatic heterocycles. The Kier molecular flexibility index (Phi) is 4.19. The van der Waals surface area contributed by atoms with Crippen molar-refractivity contribution in [2.24, 2.45) is 0 Å². The van der Waals surface area contributed by atoms with Gasteiger partial charge in [-0.1, -0.05) is 6.07 Å². The van der Waals surface area contributed by atoms with Crippen molar-refractivity contribution in [3.8, 4) is 11.5 Å². The Morgan fingerprint density at radius 1 is 1.11 bits per heavy atom. The minimum absolute atomic E-state index is 0.0425. The predicted molar refractivity (Wildman–Crippen MR) is 85.7 cm³/mol. The van der Waals surface area contributed by atoms with Gasteiger partial charge in [-0.2, -0.15) is 0 Å². The zero-order valence-corrected chi connectivity index (χ0v) is 13.0. The standard InChI is InChI=1S/C15H16INO2/c1-9-3-4-11(7-14(9)16)17-10(2)13-6-5-12(18)8-15(13)19/h3-8,10,17-19H,1-2H3. The van der Waals surface area contributed by atoms with Crippen LogP contribution in [0.1, 0.15) is 24.1 Å². The molecule has 3 nitrogen and oxygen atoms in total. The second-order valence-electron chi connectivity index (χ2n) is 4.57. The maximum absolute atomic E-state index is 9.84. The molecule has 0 amide bonds. The average molecular weight is 369 g/mol. The van der Waals surface area contributed by atoms with Crippen LogP contribution in [-0.2, 0) is 0 Å². The molecule has 2 rings (SSSR count). The molecule has 0 fully saturated rings. The van der Waals surface area contributed by atoms with Gasteiger partial charge in [-0.3, -0.25) is 0 Å². The van der Waals surface area contributed by atoms with Gasteiger partial charge in [-0.15, -0.1) is 0 Å². The minimum atomic E-state index is -0.0425. The molecule has 1 atom stereocenters. The van der Waals surface area contributed by atoms with Crippen molar-refractivity contribution in [2.75, 3.05) is 5.32 Å². The third-order valence-corrected chi connectivity index (χ3v) is 4.20. The first-order valence-electron chi connectivity index (χ1n) is 6.02. The van der Waals surface area contributed by atoms with E-state index in [1.807, 2.05) is 13.0 Å². The molecule has 2 aromatic rings. The SMILES string of the molecule is Cc1ccc(NC(C)c2ccc(O)cc2O)cc1I. The molecule has 0 saturated heterocycles. The number of rotatable bonds is 3. The molecule has 19 heavy (non-hydrogen) atoms. The summed E-state index contributed by atoms with van der Waals surface area (Å²) in [6.07, 6.45) is 0. The van der Waals surface area contributed by atoms with E-state index in [4.69, 9.17) is 0 Å². The van der Waals surface area contributed by atoms with Crippen molar-refractivity contribution in [1.29, 1.82) is 0 Å². The van der Waals surface area contributed by atoms with E-state index < -0.39 is 0 Å². The number of phenolic OH excluding ortho intramolecular Hbond substituents is 2. The van der Waals surface area contributed by atoms with E-state index in [-0.39, 0.29) is 17.5 Å². The highest BCUT2D eigenvalue weighted by Gasteiger charge is 2.11. The van der Waals surface area contributed by atoms with E-state index in [1.165, 1.54) is 15.2 Å². The number of phenols is 2. The van der Waals surface area contributed by atoms with Gasteiger partial charge in [0.1, 0.15) is 11.5 Å². The maximum atomic E-state index is 9.84. The Labute approximate surface area is 126 Å². The summed E-state index contributed by atoms with van der Waals surface area (Å²) >= 11 is 2.30. The van der Waals surface area contributed by atoms with E-state index in [9.17, 15) is 10.2 Å². The third kappa shape index (κ3) is 3.32. The van der Waals surface area contributed by atoms with Crippen molar-refractivity contribution in [1.82, 2.24) is 0 Å². The van der Waals surface area contributed by atoms with Crippen LogP contribution in [0.5, 0.6) is 11.5 Å². The van der Waals surface area contributed by atoms with Crippen molar-refractivity contribution < 1.29 is 10.2 Å². The lowest BCUT2D eigenvalue weighted by Crippen LogP contribution is -2.07. The third-order valence-electron chi connectivity index (χ3n) is 3.04. The summed E-state index contributed by atoms with van der Waals surface area (Å²) in [6, 6.07) is 10.8. The van der Waals surface area contributed by atoms with Crippen LogP contribution in [0.4, 0.5) is 5.69 Å². The van der Waals surface area contributed by atoms with Gasteiger partial charge in [0.15, 0.2) is 0 Å². The Hall–Kier alpha value is -1.43. The van der Waals surface area contributed by atoms with E-state index in [2.05, 4.69) is 47.0 Å². The summed E-state index contributed by atoms with van der Waals surface area (Å²) in [5, 5.41) is 22.5. The number of anilines is 1. The van der Waals surface area contributed by atoms with E-state index >= 15 is 0 Å². The van der Waals surface area contributed by atoms with Gasteiger partial charge in [0.05, 0.1) is 6.04 Å². The number of hydrogen-bond donors (Lipinski definition) is 3. The number of halogens is 1. The fourth-order valence-electron chi connectivity index (χ4n) is 1.91. The zero-order valence-electron chi connectivity index (χ0n) is 10.8. The molecule has 2 aromatic carbocycles. The highest BCUT2D eigenvalue weighted by atomic mass is 127. The molecule has 0 spiro atoms. The lowest BCUT2D eigenvalue weighted by Gasteiger charge is -2.17. The molecule has 100 valence electrons. The average Bonchev–Trinajstić information content (AvgIpc) is 2.33. The van der Waals surface area contributed by atoms with Gasteiger partial charge in [-0.05, 0) is 66.3 Å². The molecular formula is C15H16INO2. The quantitative estimate of drug-likeness (QED) is 0.712. The molecule has 0 radical (unpaired) electrons. The predicted octanol–water partition coefficient (Wildman–Crippen LogP) is 4.18. The van der Waals surface area contributed by atoms with Gasteiger partial charge in [0, 0.05) is 20.9 Å². The van der Waals surface area contributed by atoms with E-state index in [0.29, 0.717) is 0 Å². The lowest BCUT2D eigenvalue weighted by molar-refractivity contribution is 0.444. The van der Waals surface area contributed by atoms with Crippen LogP contribution in [0.25, 0.3) is 0 Å². The Bertz CT molecular complexity index is 599. The number of benzene rings is 2. The molecule has 1 unspecified atom stereocenters. The first-order chi connectivity index (χ1) is 8.97. The van der Waals surface area contributed by atoms with Crippen molar-refractivity contribution >= 4 is 28.3 Å². The fraction of sp³-hybridized carbons (Fsp3) is 0.200. The first-order valence-corrected chi connectivity index (χ1v) is 7.10. The molecule has 3 N–H and O–H groups in total. The van der Waals surface area contributed by atoms with Crippen molar-refractivity contribution in [2.45, 2.75) is 19.9 Å². The fourth-order valence-corrected chi connectivity index (χ4v) is 2.42. The first kappa shape index (κ1) is 14.0. The van der Waals surface area contributed by atoms with Crippen LogP contribution in [-0.4, -0.2) is 10.2 Å². The van der Waals surface area contributed by atoms with Gasteiger partial charge in [-0.25, -0.2) is 0 Å². The topological polar surface area (TPSA) is 52.5 Å². The van der Waals surface area contributed by atoms with Crippen molar-refractivity contribution in [3.63, 3.8) is 0 Å². The van der Waals surface area contributed by atoms with Gasteiger partial charge >= 0.3 is 0 Å². The normalized spacial score (nSPS) is 12.2. The summed E-state index contributed by atoms with van der Waals surface area (Å²) in [7, 11) is 0. The molecule has 0 aliphatic rings. The molecule has 0 heterocycles. The second-order valence-corrected chi connectivity index (χ2v) is 5.74. The van der Waals surface area contributed by atoms with Crippen LogP contribution in [0.2, 0.25) is 0 Å². The number of hydrogen-bond acceptors (Lipinski definition) is 3. The van der Waals surface area contributed by atoms with Crippen LogP contribution < -0.4 is 5.32 Å². The smallest absolute Gasteiger partial charge is 0.124 e. The summed E-state index contributed by atoms with van der Waals surface area (Å²) in [4.78, 5) is 0. The monoisotopic (exact) mass is 369 g/mol. The molecule has 0 aliphatic carbocycles. The molecule has 0 bridgehead atoms. The maximum Gasteiger partial charge on any atom is 0.124 e. The Morgan fingerprint density at radius 2 is 1.84 bits per heavy atom. The number of nitrogens with one attached hydrogen (secondary N) is 1. The Morgan fingerprint density at radius 3 is 2.47 bits per heavy atom. The summed E-state index contributed by atoms with van der Waals surface area (Å²) in [5.41, 5.74) is 3.01. The molecule has 0 aromatic heterocycles. The highest BCUT2D eigenvalue weighted by molar-refractivity contribution is 14.1. The second kappa shape index (κ2) is 5.69. The lowest BCUT2D eigenvalue weighted by atomic mass is 10.1. The number of aryl methyl sites for hydroxylation is 1.